The van der Waals surface area contributed by atoms with Crippen molar-refractivity contribution in [3.63, 3.8) is 0 Å². The molecule has 1 aliphatic rings. The molecule has 2 aromatic rings. The molecule has 0 saturated carbocycles. The number of likely N-dealkylation sites (tertiary alicyclic amines) is 1. The summed E-state index contributed by atoms with van der Waals surface area (Å²) in [7, 11) is 0. The van der Waals surface area contributed by atoms with E-state index < -0.39 is 0 Å². The Kier molecular flexibility index (Phi) is 5.30. The van der Waals surface area contributed by atoms with Gasteiger partial charge in [-0.25, -0.2) is 9.97 Å². The molecule has 2 heterocycles. The van der Waals surface area contributed by atoms with E-state index >= 15 is 0 Å². The second kappa shape index (κ2) is 7.62. The van der Waals surface area contributed by atoms with E-state index in [1.807, 2.05) is 36.1 Å². The van der Waals surface area contributed by atoms with Crippen molar-refractivity contribution < 1.29 is 9.53 Å². The van der Waals surface area contributed by atoms with Crippen LogP contribution in [0, 0.1) is 6.92 Å². The number of nitrogens with zero attached hydrogens (tertiary/aromatic N) is 3. The largest absolute Gasteiger partial charge is 0.460 e. The van der Waals surface area contributed by atoms with Gasteiger partial charge in [0.2, 0.25) is 5.91 Å². The standard InChI is InChI=1S/C18H20ClN3O2/c1-13-2-4-14(5-3-13)10-17(23)22-8-6-16(7-9-22)24-18-20-11-15(19)12-21-18/h2-5,11-12,16H,6-10H2,1H3. The van der Waals surface area contributed by atoms with Gasteiger partial charge >= 0.3 is 6.01 Å². The third-order valence-electron chi connectivity index (χ3n) is 4.14. The molecule has 0 N–H and O–H groups in total. The maximum atomic E-state index is 12.4. The van der Waals surface area contributed by atoms with E-state index in [2.05, 4.69) is 9.97 Å². The summed E-state index contributed by atoms with van der Waals surface area (Å²) < 4.78 is 5.75. The van der Waals surface area contributed by atoms with Gasteiger partial charge in [0.15, 0.2) is 0 Å². The quantitative estimate of drug-likeness (QED) is 0.854. The highest BCUT2D eigenvalue weighted by atomic mass is 35.5. The fourth-order valence-electron chi connectivity index (χ4n) is 2.73. The molecule has 3 rings (SSSR count). The van der Waals surface area contributed by atoms with E-state index in [9.17, 15) is 4.79 Å². The van der Waals surface area contributed by atoms with E-state index in [4.69, 9.17) is 16.3 Å². The van der Waals surface area contributed by atoms with Crippen LogP contribution in [0.15, 0.2) is 36.7 Å². The zero-order chi connectivity index (χ0) is 16.9. The van der Waals surface area contributed by atoms with Gasteiger partial charge in [0.25, 0.3) is 0 Å². The maximum absolute atomic E-state index is 12.4. The van der Waals surface area contributed by atoms with E-state index in [0.29, 0.717) is 30.5 Å². The number of hydrogen-bond donors (Lipinski definition) is 0. The summed E-state index contributed by atoms with van der Waals surface area (Å²) in [5.41, 5.74) is 2.26. The summed E-state index contributed by atoms with van der Waals surface area (Å²) in [6.07, 6.45) is 5.09. The number of aromatic nitrogens is 2. The van der Waals surface area contributed by atoms with Gasteiger partial charge in [-0.2, -0.15) is 0 Å². The van der Waals surface area contributed by atoms with Gasteiger partial charge in [0.05, 0.1) is 23.8 Å². The van der Waals surface area contributed by atoms with Gasteiger partial charge in [0.1, 0.15) is 6.10 Å². The molecule has 0 unspecified atom stereocenters. The Morgan fingerprint density at radius 1 is 1.21 bits per heavy atom. The van der Waals surface area contributed by atoms with Crippen LogP contribution in [-0.2, 0) is 11.2 Å². The molecule has 1 fully saturated rings. The fourth-order valence-corrected chi connectivity index (χ4v) is 2.82. The Labute approximate surface area is 146 Å². The normalized spacial score (nSPS) is 15.3. The monoisotopic (exact) mass is 345 g/mol. The minimum absolute atomic E-state index is 0.0367. The first kappa shape index (κ1) is 16.7. The van der Waals surface area contributed by atoms with Crippen molar-refractivity contribution in [3.05, 3.63) is 52.8 Å². The van der Waals surface area contributed by atoms with Crippen LogP contribution in [0.4, 0.5) is 0 Å². The second-order valence-electron chi connectivity index (χ2n) is 6.04. The van der Waals surface area contributed by atoms with Crippen molar-refractivity contribution in [2.75, 3.05) is 13.1 Å². The molecule has 126 valence electrons. The molecule has 0 atom stereocenters. The number of rotatable bonds is 4. The minimum Gasteiger partial charge on any atom is -0.460 e. The van der Waals surface area contributed by atoms with E-state index in [1.54, 1.807) is 0 Å². The molecule has 1 aromatic heterocycles. The topological polar surface area (TPSA) is 55.3 Å². The molecule has 0 bridgehead atoms. The van der Waals surface area contributed by atoms with Crippen molar-refractivity contribution in [1.82, 2.24) is 14.9 Å². The SMILES string of the molecule is Cc1ccc(CC(=O)N2CCC(Oc3ncc(Cl)cn3)CC2)cc1. The minimum atomic E-state index is 0.0367. The number of hydrogen-bond acceptors (Lipinski definition) is 4. The zero-order valence-electron chi connectivity index (χ0n) is 13.6. The Morgan fingerprint density at radius 3 is 2.46 bits per heavy atom. The lowest BCUT2D eigenvalue weighted by Crippen LogP contribution is -2.42. The third kappa shape index (κ3) is 4.45. The number of halogens is 1. The summed E-state index contributed by atoms with van der Waals surface area (Å²) in [5.74, 6) is 0.167. The van der Waals surface area contributed by atoms with Crippen LogP contribution >= 0.6 is 11.6 Å². The summed E-state index contributed by atoms with van der Waals surface area (Å²) in [6, 6.07) is 8.44. The molecular formula is C18H20ClN3O2. The molecule has 1 aliphatic heterocycles. The molecule has 6 heteroatoms. The highest BCUT2D eigenvalue weighted by Crippen LogP contribution is 2.17. The van der Waals surface area contributed by atoms with Gasteiger partial charge < -0.3 is 9.64 Å². The first-order valence-corrected chi connectivity index (χ1v) is 8.45. The molecule has 0 aliphatic carbocycles. The number of piperidine rings is 1. The maximum Gasteiger partial charge on any atom is 0.316 e. The van der Waals surface area contributed by atoms with Crippen LogP contribution in [0.25, 0.3) is 0 Å². The van der Waals surface area contributed by atoms with Crippen LogP contribution in [0.1, 0.15) is 24.0 Å². The summed E-state index contributed by atoms with van der Waals surface area (Å²) in [6.45, 7) is 3.44. The van der Waals surface area contributed by atoms with Crippen molar-refractivity contribution >= 4 is 17.5 Å². The van der Waals surface area contributed by atoms with Crippen LogP contribution in [0.5, 0.6) is 6.01 Å². The van der Waals surface area contributed by atoms with Crippen molar-refractivity contribution in [2.24, 2.45) is 0 Å². The Hall–Kier alpha value is -2.14. The molecular weight excluding hydrogens is 326 g/mol. The smallest absolute Gasteiger partial charge is 0.316 e. The number of aryl methyl sites for hydroxylation is 1. The van der Waals surface area contributed by atoms with Crippen LogP contribution in [0.2, 0.25) is 5.02 Å². The number of carbonyl (C=O) groups is 1. The van der Waals surface area contributed by atoms with Crippen molar-refractivity contribution in [1.29, 1.82) is 0 Å². The lowest BCUT2D eigenvalue weighted by atomic mass is 10.1. The summed E-state index contributed by atoms with van der Waals surface area (Å²) in [4.78, 5) is 22.4. The van der Waals surface area contributed by atoms with Crippen molar-refractivity contribution in [2.45, 2.75) is 32.3 Å². The van der Waals surface area contributed by atoms with Gasteiger partial charge in [-0.15, -0.1) is 0 Å². The molecule has 1 saturated heterocycles. The molecule has 24 heavy (non-hydrogen) atoms. The summed E-state index contributed by atoms with van der Waals surface area (Å²) in [5, 5.41) is 0.485. The number of ether oxygens (including phenoxy) is 1. The number of benzene rings is 1. The number of carbonyl (C=O) groups excluding carboxylic acids is 1. The predicted molar refractivity (Wildman–Crippen MR) is 92.2 cm³/mol. The van der Waals surface area contributed by atoms with Gasteiger partial charge in [-0.1, -0.05) is 41.4 Å². The molecule has 0 radical (unpaired) electrons. The van der Waals surface area contributed by atoms with E-state index in [-0.39, 0.29) is 12.0 Å². The third-order valence-corrected chi connectivity index (χ3v) is 4.33. The first-order valence-electron chi connectivity index (χ1n) is 8.07. The molecule has 1 aromatic carbocycles. The van der Waals surface area contributed by atoms with Gasteiger partial charge in [-0.3, -0.25) is 4.79 Å². The van der Waals surface area contributed by atoms with Crippen LogP contribution in [0.3, 0.4) is 0 Å². The lowest BCUT2D eigenvalue weighted by molar-refractivity contribution is -0.132. The Balaban J connectivity index is 1.48. The number of amides is 1. The van der Waals surface area contributed by atoms with Crippen LogP contribution < -0.4 is 4.74 Å². The summed E-state index contributed by atoms with van der Waals surface area (Å²) >= 11 is 5.76. The average Bonchev–Trinajstić information content (AvgIpc) is 2.59. The average molecular weight is 346 g/mol. The second-order valence-corrected chi connectivity index (χ2v) is 6.48. The Morgan fingerprint density at radius 2 is 1.83 bits per heavy atom. The molecule has 1 amide bonds. The van der Waals surface area contributed by atoms with E-state index in [0.717, 1.165) is 18.4 Å². The lowest BCUT2D eigenvalue weighted by Gasteiger charge is -2.31. The highest BCUT2D eigenvalue weighted by Gasteiger charge is 2.24. The molecule has 5 nitrogen and oxygen atoms in total. The van der Waals surface area contributed by atoms with Crippen LogP contribution in [-0.4, -0.2) is 40.0 Å². The van der Waals surface area contributed by atoms with E-state index in [1.165, 1.54) is 18.0 Å². The highest BCUT2D eigenvalue weighted by molar-refractivity contribution is 6.30. The predicted octanol–water partition coefficient (Wildman–Crippen LogP) is 3.05. The zero-order valence-corrected chi connectivity index (χ0v) is 14.4. The Bertz CT molecular complexity index is 680. The first-order chi connectivity index (χ1) is 11.6. The fraction of sp³-hybridized carbons (Fsp3) is 0.389. The van der Waals surface area contributed by atoms with Crippen molar-refractivity contribution in [3.8, 4) is 6.01 Å². The molecule has 0 spiro atoms. The van der Waals surface area contributed by atoms with Gasteiger partial charge in [-0.05, 0) is 12.5 Å². The van der Waals surface area contributed by atoms with Gasteiger partial charge in [0, 0.05) is 25.9 Å².